The van der Waals surface area contributed by atoms with Crippen molar-refractivity contribution in [2.24, 2.45) is 0 Å². The van der Waals surface area contributed by atoms with Crippen molar-refractivity contribution < 1.29 is 4.74 Å². The zero-order valence-electron chi connectivity index (χ0n) is 11.3. The van der Waals surface area contributed by atoms with Gasteiger partial charge in [-0.3, -0.25) is 0 Å². The predicted octanol–water partition coefficient (Wildman–Crippen LogP) is 3.13. The molecule has 100 valence electrons. The summed E-state index contributed by atoms with van der Waals surface area (Å²) in [5, 5.41) is 7.09. The summed E-state index contributed by atoms with van der Waals surface area (Å²) in [6.45, 7) is 5.92. The van der Waals surface area contributed by atoms with E-state index in [0.717, 1.165) is 25.3 Å². The van der Waals surface area contributed by atoms with E-state index < -0.39 is 0 Å². The van der Waals surface area contributed by atoms with Gasteiger partial charge in [0.1, 0.15) is 0 Å². The first-order valence-corrected chi connectivity index (χ1v) is 6.68. The summed E-state index contributed by atoms with van der Waals surface area (Å²) in [6, 6.07) is 8.25. The number of anilines is 1. The second kappa shape index (κ2) is 8.06. The summed E-state index contributed by atoms with van der Waals surface area (Å²) in [6.07, 6.45) is 0.949. The first-order chi connectivity index (χ1) is 8.65. The van der Waals surface area contributed by atoms with Crippen molar-refractivity contribution in [3.63, 3.8) is 0 Å². The molecule has 1 aromatic carbocycles. The Morgan fingerprint density at radius 3 is 2.72 bits per heavy atom. The third kappa shape index (κ3) is 5.02. The first-order valence-electron chi connectivity index (χ1n) is 6.28. The normalized spacial score (nSPS) is 10.4. The average Bonchev–Trinajstić information content (AvgIpc) is 2.35. The van der Waals surface area contributed by atoms with Crippen molar-refractivity contribution in [2.45, 2.75) is 26.2 Å². The highest BCUT2D eigenvalue weighted by Crippen LogP contribution is 2.23. The number of nitrogens with one attached hydrogen (secondary N) is 2. The number of methoxy groups -OCH3 is 1. The van der Waals surface area contributed by atoms with Crippen molar-refractivity contribution in [3.8, 4) is 0 Å². The van der Waals surface area contributed by atoms with Crippen molar-refractivity contribution >= 4 is 23.0 Å². The Hall–Kier alpha value is -1.13. The van der Waals surface area contributed by atoms with Crippen LogP contribution in [0.2, 0.25) is 0 Å². The molecule has 3 nitrogen and oxygen atoms in total. The molecule has 1 aromatic rings. The fourth-order valence-electron chi connectivity index (χ4n) is 1.70. The summed E-state index contributed by atoms with van der Waals surface area (Å²) in [5.41, 5.74) is 2.36. The maximum atomic E-state index is 5.27. The maximum absolute atomic E-state index is 5.27. The van der Waals surface area contributed by atoms with Crippen LogP contribution in [0.3, 0.4) is 0 Å². The van der Waals surface area contributed by atoms with Crippen LogP contribution in [0.25, 0.3) is 0 Å². The van der Waals surface area contributed by atoms with Crippen molar-refractivity contribution in [1.29, 1.82) is 0 Å². The van der Waals surface area contributed by atoms with Gasteiger partial charge < -0.3 is 15.4 Å². The fourth-order valence-corrected chi connectivity index (χ4v) is 1.91. The van der Waals surface area contributed by atoms with E-state index in [0.29, 0.717) is 11.0 Å². The highest BCUT2D eigenvalue weighted by molar-refractivity contribution is 7.80. The van der Waals surface area contributed by atoms with Gasteiger partial charge in [0, 0.05) is 25.9 Å². The molecule has 1 rings (SSSR count). The third-order valence-corrected chi connectivity index (χ3v) is 2.89. The van der Waals surface area contributed by atoms with Gasteiger partial charge in [0.25, 0.3) is 0 Å². The average molecular weight is 266 g/mol. The Kier molecular flexibility index (Phi) is 6.68. The molecule has 0 bridgehead atoms. The minimum atomic E-state index is 0.477. The minimum Gasteiger partial charge on any atom is -0.385 e. The molecular weight excluding hydrogens is 244 g/mol. The van der Waals surface area contributed by atoms with Crippen molar-refractivity contribution in [2.75, 3.05) is 25.6 Å². The Morgan fingerprint density at radius 1 is 1.33 bits per heavy atom. The van der Waals surface area contributed by atoms with E-state index >= 15 is 0 Å². The molecule has 0 aromatic heterocycles. The molecule has 18 heavy (non-hydrogen) atoms. The molecule has 0 amide bonds. The molecule has 2 N–H and O–H groups in total. The molecule has 0 atom stereocenters. The number of benzene rings is 1. The van der Waals surface area contributed by atoms with E-state index in [1.165, 1.54) is 5.56 Å². The molecule has 0 saturated heterocycles. The lowest BCUT2D eigenvalue weighted by Crippen LogP contribution is -2.30. The highest BCUT2D eigenvalue weighted by Gasteiger charge is 2.06. The largest absolute Gasteiger partial charge is 0.385 e. The Morgan fingerprint density at radius 2 is 2.06 bits per heavy atom. The third-order valence-electron chi connectivity index (χ3n) is 2.64. The highest BCUT2D eigenvalue weighted by atomic mass is 32.1. The molecule has 0 aliphatic rings. The van der Waals surface area contributed by atoms with Gasteiger partial charge in [-0.25, -0.2) is 0 Å². The molecule has 0 radical (unpaired) electrons. The second-order valence-electron chi connectivity index (χ2n) is 4.47. The molecule has 4 heteroatoms. The Balaban J connectivity index is 2.49. The SMILES string of the molecule is COCCCNC(=S)Nc1ccccc1C(C)C. The van der Waals surface area contributed by atoms with Crippen LogP contribution >= 0.6 is 12.2 Å². The molecular formula is C14H22N2OS. The number of ether oxygens (including phenoxy) is 1. The van der Waals surface area contributed by atoms with Gasteiger partial charge in [0.2, 0.25) is 0 Å². The molecule has 0 spiro atoms. The summed E-state index contributed by atoms with van der Waals surface area (Å²) < 4.78 is 4.99. The predicted molar refractivity (Wildman–Crippen MR) is 81.2 cm³/mol. The van der Waals surface area contributed by atoms with Crippen LogP contribution in [0.15, 0.2) is 24.3 Å². The van der Waals surface area contributed by atoms with E-state index in [9.17, 15) is 0 Å². The van der Waals surface area contributed by atoms with Crippen LogP contribution in [-0.2, 0) is 4.74 Å². The van der Waals surface area contributed by atoms with Crippen LogP contribution in [-0.4, -0.2) is 25.4 Å². The van der Waals surface area contributed by atoms with Crippen LogP contribution in [0.4, 0.5) is 5.69 Å². The molecule has 0 aliphatic heterocycles. The van der Waals surface area contributed by atoms with Crippen LogP contribution in [0, 0.1) is 0 Å². The van der Waals surface area contributed by atoms with Crippen LogP contribution < -0.4 is 10.6 Å². The zero-order chi connectivity index (χ0) is 13.4. The molecule has 0 fully saturated rings. The van der Waals surface area contributed by atoms with Gasteiger partial charge in [0.05, 0.1) is 0 Å². The standard InChI is InChI=1S/C14H22N2OS/c1-11(2)12-7-4-5-8-13(12)16-14(18)15-9-6-10-17-3/h4-5,7-8,11H,6,9-10H2,1-3H3,(H2,15,16,18). The summed E-state index contributed by atoms with van der Waals surface area (Å²) in [4.78, 5) is 0. The van der Waals surface area contributed by atoms with Gasteiger partial charge in [-0.2, -0.15) is 0 Å². The lowest BCUT2D eigenvalue weighted by Gasteiger charge is -2.15. The first kappa shape index (κ1) is 14.9. The summed E-state index contributed by atoms with van der Waals surface area (Å²) in [7, 11) is 1.70. The van der Waals surface area contributed by atoms with Gasteiger partial charge in [-0.15, -0.1) is 0 Å². The lowest BCUT2D eigenvalue weighted by atomic mass is 10.0. The quantitative estimate of drug-likeness (QED) is 0.612. The topological polar surface area (TPSA) is 33.3 Å². The van der Waals surface area contributed by atoms with Gasteiger partial charge in [-0.05, 0) is 36.2 Å². The number of hydrogen-bond donors (Lipinski definition) is 2. The van der Waals surface area contributed by atoms with Crippen molar-refractivity contribution in [3.05, 3.63) is 29.8 Å². The van der Waals surface area contributed by atoms with E-state index in [1.54, 1.807) is 7.11 Å². The number of para-hydroxylation sites is 1. The fraction of sp³-hybridized carbons (Fsp3) is 0.500. The zero-order valence-corrected chi connectivity index (χ0v) is 12.1. The summed E-state index contributed by atoms with van der Waals surface area (Å²) in [5.74, 6) is 0.477. The monoisotopic (exact) mass is 266 g/mol. The maximum Gasteiger partial charge on any atom is 0.170 e. The molecule has 0 heterocycles. The summed E-state index contributed by atoms with van der Waals surface area (Å²) >= 11 is 5.27. The minimum absolute atomic E-state index is 0.477. The van der Waals surface area contributed by atoms with Crippen LogP contribution in [0.5, 0.6) is 0 Å². The van der Waals surface area contributed by atoms with E-state index in [2.05, 4.69) is 42.7 Å². The second-order valence-corrected chi connectivity index (χ2v) is 4.88. The van der Waals surface area contributed by atoms with Gasteiger partial charge in [-0.1, -0.05) is 32.0 Å². The Bertz CT molecular complexity index is 380. The lowest BCUT2D eigenvalue weighted by molar-refractivity contribution is 0.196. The molecule has 0 saturated carbocycles. The van der Waals surface area contributed by atoms with E-state index in [-0.39, 0.29) is 0 Å². The van der Waals surface area contributed by atoms with Gasteiger partial charge in [0.15, 0.2) is 5.11 Å². The van der Waals surface area contributed by atoms with Crippen LogP contribution in [0.1, 0.15) is 31.7 Å². The molecule has 0 unspecified atom stereocenters. The van der Waals surface area contributed by atoms with Crippen molar-refractivity contribution in [1.82, 2.24) is 5.32 Å². The smallest absolute Gasteiger partial charge is 0.170 e. The number of thiocarbonyl (C=S) groups is 1. The van der Waals surface area contributed by atoms with Gasteiger partial charge >= 0.3 is 0 Å². The van der Waals surface area contributed by atoms with E-state index in [4.69, 9.17) is 17.0 Å². The number of rotatable bonds is 6. The Labute approximate surface area is 115 Å². The number of hydrogen-bond acceptors (Lipinski definition) is 2. The van der Waals surface area contributed by atoms with E-state index in [1.807, 2.05) is 6.07 Å². The molecule has 0 aliphatic carbocycles.